The fourth-order valence-corrected chi connectivity index (χ4v) is 4.52. The Kier molecular flexibility index (Phi) is 6.46. The van der Waals surface area contributed by atoms with Crippen molar-refractivity contribution in [3.05, 3.63) is 70.0 Å². The highest BCUT2D eigenvalue weighted by atomic mass is 32.2. The summed E-state index contributed by atoms with van der Waals surface area (Å²) in [6.07, 6.45) is 0.869. The van der Waals surface area contributed by atoms with E-state index in [0.717, 1.165) is 11.9 Å². The first kappa shape index (κ1) is 22.3. The van der Waals surface area contributed by atoms with Crippen LogP contribution in [-0.2, 0) is 6.54 Å². The number of hydrogen-bond donors (Lipinski definition) is 0. The maximum atomic E-state index is 13.1. The number of thioether (sulfide) groups is 1. The summed E-state index contributed by atoms with van der Waals surface area (Å²) >= 11 is 1.35. The van der Waals surface area contributed by atoms with Gasteiger partial charge >= 0.3 is 0 Å². The Morgan fingerprint density at radius 2 is 1.72 bits per heavy atom. The average Bonchev–Trinajstić information content (AvgIpc) is 3.21. The number of fused-ring (bicyclic) bond motifs is 3. The smallest absolute Gasteiger partial charge is 0.262 e. The Bertz CT molecular complexity index is 1320. The Labute approximate surface area is 191 Å². The minimum Gasteiger partial charge on any atom is -0.293 e. The van der Waals surface area contributed by atoms with E-state index in [9.17, 15) is 9.59 Å². The first-order valence-electron chi connectivity index (χ1n) is 11.0. The van der Waals surface area contributed by atoms with Crippen molar-refractivity contribution < 1.29 is 4.79 Å². The third-order valence-electron chi connectivity index (χ3n) is 5.64. The van der Waals surface area contributed by atoms with Crippen LogP contribution in [0.5, 0.6) is 0 Å². The largest absolute Gasteiger partial charge is 0.293 e. The van der Waals surface area contributed by atoms with Crippen LogP contribution in [0, 0.1) is 5.92 Å². The lowest BCUT2D eigenvalue weighted by Gasteiger charge is -2.12. The molecule has 4 aromatic rings. The zero-order chi connectivity index (χ0) is 22.8. The van der Waals surface area contributed by atoms with E-state index in [1.807, 2.05) is 52.9 Å². The molecule has 2 aromatic carbocycles. The van der Waals surface area contributed by atoms with Gasteiger partial charge in [-0.1, -0.05) is 75.9 Å². The second-order valence-corrected chi connectivity index (χ2v) is 9.71. The van der Waals surface area contributed by atoms with Crippen LogP contribution in [0.4, 0.5) is 0 Å². The molecule has 0 aliphatic rings. The van der Waals surface area contributed by atoms with Gasteiger partial charge < -0.3 is 0 Å². The van der Waals surface area contributed by atoms with Crippen LogP contribution in [0.2, 0.25) is 0 Å². The number of para-hydroxylation sites is 1. The topological polar surface area (TPSA) is 69.3 Å². The van der Waals surface area contributed by atoms with E-state index in [0.29, 0.717) is 40.3 Å². The van der Waals surface area contributed by atoms with E-state index in [-0.39, 0.29) is 17.1 Å². The number of carbonyl (C=O) groups is 1. The molecule has 0 unspecified atom stereocenters. The minimum absolute atomic E-state index is 0.0412. The van der Waals surface area contributed by atoms with Crippen molar-refractivity contribution in [1.82, 2.24) is 19.2 Å². The van der Waals surface area contributed by atoms with Gasteiger partial charge in [0, 0.05) is 12.1 Å². The second-order valence-electron chi connectivity index (χ2n) is 8.76. The van der Waals surface area contributed by atoms with Gasteiger partial charge in [0.15, 0.2) is 10.9 Å². The minimum atomic E-state index is -0.0565. The molecule has 0 amide bonds. The Morgan fingerprint density at radius 3 is 2.41 bits per heavy atom. The zero-order valence-electron chi connectivity index (χ0n) is 18.9. The van der Waals surface area contributed by atoms with Crippen molar-refractivity contribution >= 4 is 34.2 Å². The lowest BCUT2D eigenvalue weighted by atomic mass is 10.0. The summed E-state index contributed by atoms with van der Waals surface area (Å²) in [7, 11) is 0. The highest BCUT2D eigenvalue weighted by Gasteiger charge is 2.18. The Morgan fingerprint density at radius 1 is 1.00 bits per heavy atom. The molecule has 0 saturated heterocycles. The summed E-state index contributed by atoms with van der Waals surface area (Å²) in [5.41, 5.74) is 2.60. The number of aryl methyl sites for hydroxylation is 1. The van der Waals surface area contributed by atoms with Crippen LogP contribution >= 0.6 is 11.8 Å². The van der Waals surface area contributed by atoms with E-state index in [1.165, 1.54) is 17.3 Å². The fraction of sp³-hybridized carbons (Fsp3) is 0.360. The van der Waals surface area contributed by atoms with Crippen LogP contribution < -0.4 is 5.56 Å². The van der Waals surface area contributed by atoms with Crippen molar-refractivity contribution in [3.8, 4) is 0 Å². The Hall–Kier alpha value is -2.93. The molecule has 0 N–H and O–H groups in total. The Balaban J connectivity index is 1.67. The molecule has 0 aliphatic heterocycles. The number of aromatic nitrogens is 4. The average molecular weight is 449 g/mol. The number of hydrogen-bond acceptors (Lipinski definition) is 5. The number of ketones is 1. The molecule has 0 radical (unpaired) electrons. The van der Waals surface area contributed by atoms with Crippen molar-refractivity contribution in [3.63, 3.8) is 0 Å². The highest BCUT2D eigenvalue weighted by molar-refractivity contribution is 7.99. The lowest BCUT2D eigenvalue weighted by molar-refractivity contribution is 0.102. The lowest BCUT2D eigenvalue weighted by Crippen LogP contribution is -2.24. The van der Waals surface area contributed by atoms with Gasteiger partial charge in [-0.25, -0.2) is 0 Å². The van der Waals surface area contributed by atoms with Gasteiger partial charge in [0.1, 0.15) is 0 Å². The molecule has 0 spiro atoms. The molecule has 0 atom stereocenters. The van der Waals surface area contributed by atoms with E-state index < -0.39 is 0 Å². The molecule has 4 rings (SSSR count). The summed E-state index contributed by atoms with van der Waals surface area (Å²) in [6.45, 7) is 9.11. The number of Topliss-reactive ketones (excluding diaryl/α,β-unsaturated/α-hetero) is 1. The summed E-state index contributed by atoms with van der Waals surface area (Å²) in [5.74, 6) is 1.70. The van der Waals surface area contributed by atoms with Crippen LogP contribution in [0.15, 0.2) is 58.5 Å². The number of rotatable bonds is 8. The summed E-state index contributed by atoms with van der Waals surface area (Å²) in [6, 6.07) is 15.3. The quantitative estimate of drug-likeness (QED) is 0.274. The van der Waals surface area contributed by atoms with Crippen molar-refractivity contribution in [1.29, 1.82) is 0 Å². The van der Waals surface area contributed by atoms with Crippen molar-refractivity contribution in [2.24, 2.45) is 5.92 Å². The molecule has 2 aromatic heterocycles. The molecular weight excluding hydrogens is 420 g/mol. The van der Waals surface area contributed by atoms with Gasteiger partial charge in [-0.2, -0.15) is 0 Å². The maximum Gasteiger partial charge on any atom is 0.262 e. The summed E-state index contributed by atoms with van der Waals surface area (Å²) < 4.78 is 3.60. The van der Waals surface area contributed by atoms with Gasteiger partial charge in [-0.3, -0.25) is 18.6 Å². The molecule has 0 saturated carbocycles. The summed E-state index contributed by atoms with van der Waals surface area (Å²) in [5, 5.41) is 9.91. The third-order valence-corrected chi connectivity index (χ3v) is 6.57. The van der Waals surface area contributed by atoms with Gasteiger partial charge in [0.2, 0.25) is 5.78 Å². The highest BCUT2D eigenvalue weighted by Crippen LogP contribution is 2.23. The predicted molar refractivity (Wildman–Crippen MR) is 130 cm³/mol. The monoisotopic (exact) mass is 448 g/mol. The van der Waals surface area contributed by atoms with E-state index >= 15 is 0 Å². The van der Waals surface area contributed by atoms with Crippen LogP contribution in [-0.4, -0.2) is 30.7 Å². The van der Waals surface area contributed by atoms with Crippen LogP contribution in [0.3, 0.4) is 0 Å². The third kappa shape index (κ3) is 4.35. The van der Waals surface area contributed by atoms with Crippen molar-refractivity contribution in [2.45, 2.75) is 51.7 Å². The SMILES string of the molecule is CC(C)CCn1c(=O)c2ccccc2n2c(SCC(=O)c3ccc(C(C)C)cc3)nnc12. The first-order valence-corrected chi connectivity index (χ1v) is 12.0. The molecular formula is C25H28N4O2S. The molecule has 7 heteroatoms. The van der Waals surface area contributed by atoms with Crippen LogP contribution in [0.25, 0.3) is 16.7 Å². The first-order chi connectivity index (χ1) is 15.4. The standard InChI is InChI=1S/C25H28N4O2S/c1-16(2)13-14-28-23(31)20-7-5-6-8-21(20)29-24(28)26-27-25(29)32-15-22(30)19-11-9-18(10-12-19)17(3)4/h5-12,16-17H,13-15H2,1-4H3. The van der Waals surface area contributed by atoms with E-state index in [1.54, 1.807) is 4.57 Å². The molecule has 0 bridgehead atoms. The zero-order valence-corrected chi connectivity index (χ0v) is 19.7. The summed E-state index contributed by atoms with van der Waals surface area (Å²) in [4.78, 5) is 25.9. The number of carbonyl (C=O) groups excluding carboxylic acids is 1. The predicted octanol–water partition coefficient (Wildman–Crippen LogP) is 5.19. The fourth-order valence-electron chi connectivity index (χ4n) is 3.68. The van der Waals surface area contributed by atoms with Gasteiger partial charge in [0.05, 0.1) is 16.7 Å². The van der Waals surface area contributed by atoms with Gasteiger partial charge in [0.25, 0.3) is 5.56 Å². The maximum absolute atomic E-state index is 13.1. The number of nitrogens with zero attached hydrogens (tertiary/aromatic N) is 4. The molecule has 0 aliphatic carbocycles. The second kappa shape index (κ2) is 9.28. The van der Waals surface area contributed by atoms with Crippen molar-refractivity contribution in [2.75, 3.05) is 5.75 Å². The van der Waals surface area contributed by atoms with E-state index in [2.05, 4.69) is 37.9 Å². The van der Waals surface area contributed by atoms with Gasteiger partial charge in [-0.05, 0) is 36.0 Å². The molecule has 2 heterocycles. The molecule has 32 heavy (non-hydrogen) atoms. The number of benzene rings is 2. The molecule has 166 valence electrons. The van der Waals surface area contributed by atoms with Gasteiger partial charge in [-0.15, -0.1) is 10.2 Å². The molecule has 0 fully saturated rings. The van der Waals surface area contributed by atoms with Crippen LogP contribution in [0.1, 0.15) is 56.0 Å². The normalized spacial score (nSPS) is 11.8. The molecule has 6 nitrogen and oxygen atoms in total. The van der Waals surface area contributed by atoms with E-state index in [4.69, 9.17) is 0 Å².